The molecule has 0 aromatic heterocycles. The summed E-state index contributed by atoms with van der Waals surface area (Å²) in [6.07, 6.45) is 48.2. The summed E-state index contributed by atoms with van der Waals surface area (Å²) in [7, 11) is 5.39. The van der Waals surface area contributed by atoms with Crippen molar-refractivity contribution in [1.82, 2.24) is 0 Å². The summed E-state index contributed by atoms with van der Waals surface area (Å²) in [6, 6.07) is -0.734. The van der Waals surface area contributed by atoms with E-state index in [1.54, 1.807) is 21.1 Å². The third kappa shape index (κ3) is 38.3. The van der Waals surface area contributed by atoms with E-state index in [9.17, 15) is 19.5 Å². The molecular formula is C49H85NO7. The molecule has 2 atom stereocenters. The number of carboxylic acids is 1. The van der Waals surface area contributed by atoms with Gasteiger partial charge in [0.1, 0.15) is 12.6 Å². The van der Waals surface area contributed by atoms with Crippen molar-refractivity contribution in [2.24, 2.45) is 0 Å². The van der Waals surface area contributed by atoms with Crippen LogP contribution in [0, 0.1) is 0 Å². The molecule has 0 rings (SSSR count). The van der Waals surface area contributed by atoms with E-state index in [1.807, 2.05) is 36.5 Å². The number of hydrogen-bond donors (Lipinski definition) is 0. The fourth-order valence-electron chi connectivity index (χ4n) is 6.43. The molecule has 2 unspecified atom stereocenters. The van der Waals surface area contributed by atoms with Crippen molar-refractivity contribution in [1.29, 1.82) is 0 Å². The minimum Gasteiger partial charge on any atom is -0.544 e. The van der Waals surface area contributed by atoms with Gasteiger partial charge in [0.15, 0.2) is 6.10 Å². The van der Waals surface area contributed by atoms with Gasteiger partial charge in [0.2, 0.25) is 0 Å². The Balaban J connectivity index is 4.34. The van der Waals surface area contributed by atoms with Gasteiger partial charge < -0.3 is 28.6 Å². The lowest BCUT2D eigenvalue weighted by molar-refractivity contribution is -0.889. The maximum Gasteiger partial charge on any atom is 0.306 e. The van der Waals surface area contributed by atoms with Gasteiger partial charge in [0, 0.05) is 19.3 Å². The van der Waals surface area contributed by atoms with Crippen LogP contribution >= 0.6 is 0 Å². The molecule has 0 aliphatic heterocycles. The van der Waals surface area contributed by atoms with E-state index in [1.165, 1.54) is 96.3 Å². The Labute approximate surface area is 349 Å². The highest BCUT2D eigenvalue weighted by atomic mass is 16.6. The van der Waals surface area contributed by atoms with E-state index in [-0.39, 0.29) is 42.7 Å². The van der Waals surface area contributed by atoms with Crippen molar-refractivity contribution in [3.05, 3.63) is 60.8 Å². The molecule has 0 heterocycles. The zero-order chi connectivity index (χ0) is 42.1. The van der Waals surface area contributed by atoms with E-state index in [0.717, 1.165) is 51.4 Å². The maximum atomic E-state index is 12.7. The molecular weight excluding hydrogens is 715 g/mol. The Hall–Kier alpha value is -2.97. The van der Waals surface area contributed by atoms with Crippen LogP contribution < -0.4 is 5.11 Å². The lowest BCUT2D eigenvalue weighted by Crippen LogP contribution is -2.55. The second kappa shape index (κ2) is 39.8. The second-order valence-electron chi connectivity index (χ2n) is 16.3. The molecule has 8 heteroatoms. The van der Waals surface area contributed by atoms with Crippen molar-refractivity contribution in [2.75, 3.05) is 41.0 Å². The van der Waals surface area contributed by atoms with E-state index in [4.69, 9.17) is 14.2 Å². The first-order valence-corrected chi connectivity index (χ1v) is 22.9. The Morgan fingerprint density at radius 2 is 1.00 bits per heavy atom. The lowest BCUT2D eigenvalue weighted by atomic mass is 10.1. The molecule has 0 spiro atoms. The van der Waals surface area contributed by atoms with Crippen LogP contribution in [0.2, 0.25) is 0 Å². The third-order valence-electron chi connectivity index (χ3n) is 9.98. The van der Waals surface area contributed by atoms with Gasteiger partial charge in [0.05, 0.1) is 40.3 Å². The predicted molar refractivity (Wildman–Crippen MR) is 236 cm³/mol. The molecule has 57 heavy (non-hydrogen) atoms. The number of carbonyl (C=O) groups is 3. The highest BCUT2D eigenvalue weighted by Gasteiger charge is 2.25. The number of aliphatic carboxylic acids is 1. The molecule has 0 bridgehead atoms. The third-order valence-corrected chi connectivity index (χ3v) is 9.98. The van der Waals surface area contributed by atoms with E-state index >= 15 is 0 Å². The smallest absolute Gasteiger partial charge is 0.306 e. The zero-order valence-electron chi connectivity index (χ0n) is 37.2. The van der Waals surface area contributed by atoms with Crippen molar-refractivity contribution < 1.29 is 38.2 Å². The molecule has 8 nitrogen and oxygen atoms in total. The summed E-state index contributed by atoms with van der Waals surface area (Å²) < 4.78 is 17.1. The number of likely N-dealkylation sites (N-methyl/N-ethyl adjacent to an activating group) is 1. The molecule has 0 aromatic carbocycles. The van der Waals surface area contributed by atoms with Crippen LogP contribution in [0.5, 0.6) is 0 Å². The Morgan fingerprint density at radius 1 is 0.544 bits per heavy atom. The van der Waals surface area contributed by atoms with Crippen LogP contribution in [0.15, 0.2) is 60.8 Å². The van der Waals surface area contributed by atoms with Crippen molar-refractivity contribution in [3.63, 3.8) is 0 Å². The molecule has 0 fully saturated rings. The topological polar surface area (TPSA) is 102 Å². The van der Waals surface area contributed by atoms with Crippen LogP contribution in [-0.4, -0.2) is 75.5 Å². The summed E-state index contributed by atoms with van der Waals surface area (Å²) in [5, 5.41) is 11.6. The number of carbonyl (C=O) groups excluding carboxylic acids is 3. The summed E-state index contributed by atoms with van der Waals surface area (Å²) in [5.41, 5.74) is 0. The van der Waals surface area contributed by atoms with Crippen LogP contribution in [0.1, 0.15) is 181 Å². The first-order chi connectivity index (χ1) is 27.6. The normalized spacial score (nSPS) is 13.5. The largest absolute Gasteiger partial charge is 0.544 e. The average molecular weight is 800 g/mol. The number of unbranched alkanes of at least 4 members (excludes halogenated alkanes) is 19. The van der Waals surface area contributed by atoms with Gasteiger partial charge in [-0.2, -0.15) is 0 Å². The minimum absolute atomic E-state index is 0.0242. The number of quaternary nitrogens is 1. The summed E-state index contributed by atoms with van der Waals surface area (Å²) in [4.78, 5) is 36.8. The van der Waals surface area contributed by atoms with Crippen molar-refractivity contribution >= 4 is 17.9 Å². The molecule has 0 saturated heterocycles. The number of esters is 2. The van der Waals surface area contributed by atoms with Gasteiger partial charge in [-0.1, -0.05) is 164 Å². The van der Waals surface area contributed by atoms with Crippen LogP contribution in [0.4, 0.5) is 0 Å². The van der Waals surface area contributed by atoms with Gasteiger partial charge in [-0.05, 0) is 57.8 Å². The molecule has 0 amide bonds. The standard InChI is InChI=1S/C49H85NO7/c1-6-8-10-12-14-16-18-20-21-22-23-24-25-26-28-30-32-34-36-38-40-48(52)57-45(43-55-42-41-46(49(53)54)50(3,4)5)44-56-47(51)39-37-35-33-31-29-27-19-17-15-13-11-9-7-2/h9,11,13,15,17,19,23-24,27,29,45-46H,6-8,10,12,14,16,18,20-22,25-26,28,30-44H2,1-5H3/b11-9+,15-13+,19-17+,24-23+,29-27+. The molecule has 0 saturated carbocycles. The summed E-state index contributed by atoms with van der Waals surface area (Å²) in [6.45, 7) is 4.47. The molecule has 0 radical (unpaired) electrons. The number of allylic oxidation sites excluding steroid dienone is 10. The predicted octanol–water partition coefficient (Wildman–Crippen LogP) is 11.2. The quantitative estimate of drug-likeness (QED) is 0.0200. The molecule has 0 aliphatic carbocycles. The number of carboxylic acid groups (broad SMARTS) is 1. The fraction of sp³-hybridized carbons (Fsp3) is 0.735. The number of nitrogens with zero attached hydrogens (tertiary/aromatic N) is 1. The fourth-order valence-corrected chi connectivity index (χ4v) is 6.43. The Kier molecular flexibility index (Phi) is 37.8. The molecule has 0 aromatic rings. The van der Waals surface area contributed by atoms with Gasteiger partial charge >= 0.3 is 11.9 Å². The second-order valence-corrected chi connectivity index (χ2v) is 16.3. The molecule has 0 N–H and O–H groups in total. The highest BCUT2D eigenvalue weighted by Crippen LogP contribution is 2.14. The monoisotopic (exact) mass is 800 g/mol. The van der Waals surface area contributed by atoms with Gasteiger partial charge in [-0.3, -0.25) is 9.59 Å². The summed E-state index contributed by atoms with van der Waals surface area (Å²) >= 11 is 0. The number of hydrogen-bond acceptors (Lipinski definition) is 7. The number of ether oxygens (including phenoxy) is 3. The van der Waals surface area contributed by atoms with Crippen LogP contribution in [0.25, 0.3) is 0 Å². The minimum atomic E-state index is -1.13. The Bertz CT molecular complexity index is 1120. The molecule has 0 aliphatic rings. The number of rotatable bonds is 40. The SMILES string of the molecule is CC/C=C/C=C/C=C/C=C/CCCCCC(=O)OCC(COCCC(C(=O)[O-])[N+](C)(C)C)OC(=O)CCCCCCCCC/C=C/CCCCCCCCCCC. The molecule has 328 valence electrons. The van der Waals surface area contributed by atoms with Gasteiger partial charge in [0.25, 0.3) is 0 Å². The van der Waals surface area contributed by atoms with E-state index in [2.05, 4.69) is 38.2 Å². The van der Waals surface area contributed by atoms with E-state index in [0.29, 0.717) is 12.8 Å². The van der Waals surface area contributed by atoms with Gasteiger partial charge in [-0.15, -0.1) is 0 Å². The van der Waals surface area contributed by atoms with Gasteiger partial charge in [-0.25, -0.2) is 0 Å². The first-order valence-electron chi connectivity index (χ1n) is 22.9. The van der Waals surface area contributed by atoms with Crippen molar-refractivity contribution in [3.8, 4) is 0 Å². The lowest BCUT2D eigenvalue weighted by Gasteiger charge is -2.34. The summed E-state index contributed by atoms with van der Waals surface area (Å²) in [5.74, 6) is -1.79. The maximum absolute atomic E-state index is 12.7. The van der Waals surface area contributed by atoms with E-state index < -0.39 is 18.1 Å². The average Bonchev–Trinajstić information content (AvgIpc) is 3.17. The van der Waals surface area contributed by atoms with Crippen LogP contribution in [-0.2, 0) is 28.6 Å². The van der Waals surface area contributed by atoms with Crippen LogP contribution in [0.3, 0.4) is 0 Å². The Morgan fingerprint density at radius 3 is 1.53 bits per heavy atom. The first kappa shape index (κ1) is 54.0. The highest BCUT2D eigenvalue weighted by molar-refractivity contribution is 5.70. The zero-order valence-corrected chi connectivity index (χ0v) is 37.2. The van der Waals surface area contributed by atoms with Crippen molar-refractivity contribution in [2.45, 2.75) is 193 Å².